The van der Waals surface area contributed by atoms with E-state index in [1.54, 1.807) is 6.92 Å². The summed E-state index contributed by atoms with van der Waals surface area (Å²) in [5.41, 5.74) is 0.431. The highest BCUT2D eigenvalue weighted by Crippen LogP contribution is 2.57. The molecule has 2 N–H and O–H groups in total. The molecule has 0 saturated heterocycles. The van der Waals surface area contributed by atoms with Crippen molar-refractivity contribution in [2.45, 2.75) is 51.0 Å². The molecule has 4 aliphatic carbocycles. The van der Waals surface area contributed by atoms with E-state index in [4.69, 9.17) is 14.9 Å². The Morgan fingerprint density at radius 2 is 1.50 bits per heavy atom. The molecule has 0 unspecified atom stereocenters. The molecule has 0 aromatic rings. The minimum absolute atomic E-state index is 0.106. The molecule has 0 spiro atoms. The number of hydrogen-bond donors (Lipinski definition) is 2. The first kappa shape index (κ1) is 15.5. The van der Waals surface area contributed by atoms with Crippen LogP contribution in [0.4, 0.5) is 0 Å². The predicted octanol–water partition coefficient (Wildman–Crippen LogP) is 2.05. The van der Waals surface area contributed by atoms with Gasteiger partial charge in [0.25, 0.3) is 0 Å². The summed E-state index contributed by atoms with van der Waals surface area (Å²) in [5, 5.41) is 15.2. The molecular formula is C16H26O4. The van der Waals surface area contributed by atoms with E-state index < -0.39 is 0 Å². The van der Waals surface area contributed by atoms with E-state index >= 15 is 0 Å². The van der Waals surface area contributed by atoms with Crippen molar-refractivity contribution in [3.8, 4) is 0 Å². The molecule has 20 heavy (non-hydrogen) atoms. The Labute approximate surface area is 120 Å². The van der Waals surface area contributed by atoms with Crippen molar-refractivity contribution in [1.82, 2.24) is 0 Å². The van der Waals surface area contributed by atoms with Crippen LogP contribution in [-0.4, -0.2) is 35.0 Å². The lowest BCUT2D eigenvalue weighted by molar-refractivity contribution is -0.182. The SMILES string of the molecule is C=C(C)C(=O)OC12CC3CC(CC(C3)C1)C2.OCCO. The van der Waals surface area contributed by atoms with Crippen LogP contribution in [-0.2, 0) is 9.53 Å². The third-order valence-electron chi connectivity index (χ3n) is 4.74. The molecule has 0 radical (unpaired) electrons. The predicted molar refractivity (Wildman–Crippen MR) is 76.0 cm³/mol. The van der Waals surface area contributed by atoms with Gasteiger partial charge in [0, 0.05) is 5.57 Å². The summed E-state index contributed by atoms with van der Waals surface area (Å²) in [4.78, 5) is 11.7. The zero-order chi connectivity index (χ0) is 14.8. The van der Waals surface area contributed by atoms with Crippen molar-refractivity contribution in [1.29, 1.82) is 0 Å². The van der Waals surface area contributed by atoms with Gasteiger partial charge in [0.1, 0.15) is 5.60 Å². The molecule has 4 bridgehead atoms. The van der Waals surface area contributed by atoms with Crippen LogP contribution in [0.1, 0.15) is 45.4 Å². The molecule has 4 heteroatoms. The van der Waals surface area contributed by atoms with Gasteiger partial charge in [-0.2, -0.15) is 0 Å². The number of rotatable bonds is 3. The van der Waals surface area contributed by atoms with Crippen LogP contribution in [0.2, 0.25) is 0 Å². The summed E-state index contributed by atoms with van der Waals surface area (Å²) in [6, 6.07) is 0. The number of hydrogen-bond acceptors (Lipinski definition) is 4. The summed E-state index contributed by atoms with van der Waals surface area (Å²) in [5.74, 6) is 2.29. The van der Waals surface area contributed by atoms with E-state index in [-0.39, 0.29) is 24.8 Å². The van der Waals surface area contributed by atoms with Gasteiger partial charge in [-0.15, -0.1) is 0 Å². The largest absolute Gasteiger partial charge is 0.456 e. The number of carbonyl (C=O) groups excluding carboxylic acids is 1. The summed E-state index contributed by atoms with van der Waals surface area (Å²) in [7, 11) is 0. The number of ether oxygens (including phenoxy) is 1. The maximum absolute atomic E-state index is 11.7. The average molecular weight is 282 g/mol. The van der Waals surface area contributed by atoms with Gasteiger partial charge >= 0.3 is 5.97 Å². The Hall–Kier alpha value is -0.870. The van der Waals surface area contributed by atoms with E-state index in [1.165, 1.54) is 19.3 Å². The fourth-order valence-corrected chi connectivity index (χ4v) is 4.44. The van der Waals surface area contributed by atoms with Gasteiger partial charge in [-0.25, -0.2) is 4.79 Å². The van der Waals surface area contributed by atoms with Crippen LogP contribution in [0.3, 0.4) is 0 Å². The Morgan fingerprint density at radius 3 is 1.80 bits per heavy atom. The zero-order valence-corrected chi connectivity index (χ0v) is 12.3. The molecule has 0 amide bonds. The molecule has 0 aromatic heterocycles. The second kappa shape index (κ2) is 6.27. The lowest BCUT2D eigenvalue weighted by Gasteiger charge is -2.55. The topological polar surface area (TPSA) is 66.8 Å². The maximum Gasteiger partial charge on any atom is 0.333 e. The second-order valence-electron chi connectivity index (χ2n) is 6.72. The number of carbonyl (C=O) groups is 1. The first-order valence-electron chi connectivity index (χ1n) is 7.58. The molecule has 4 saturated carbocycles. The average Bonchev–Trinajstić information content (AvgIpc) is 2.36. The number of aliphatic hydroxyl groups excluding tert-OH is 2. The summed E-state index contributed by atoms with van der Waals surface area (Å²) in [6.07, 6.45) is 7.46. The Balaban J connectivity index is 0.000000328. The molecule has 4 aliphatic rings. The van der Waals surface area contributed by atoms with Gasteiger partial charge < -0.3 is 14.9 Å². The number of aliphatic hydroxyl groups is 2. The molecule has 0 atom stereocenters. The third kappa shape index (κ3) is 3.41. The normalized spacial score (nSPS) is 37.0. The quantitative estimate of drug-likeness (QED) is 0.614. The highest BCUT2D eigenvalue weighted by Gasteiger charge is 2.53. The molecule has 4 nitrogen and oxygen atoms in total. The lowest BCUT2D eigenvalue weighted by Crippen LogP contribution is -2.52. The summed E-state index contributed by atoms with van der Waals surface area (Å²) < 4.78 is 5.77. The Kier molecular flexibility index (Phi) is 4.86. The fraction of sp³-hybridized carbons (Fsp3) is 0.812. The maximum atomic E-state index is 11.7. The van der Waals surface area contributed by atoms with Gasteiger partial charge in [0.15, 0.2) is 0 Å². The highest BCUT2D eigenvalue weighted by molar-refractivity contribution is 5.87. The van der Waals surface area contributed by atoms with Gasteiger partial charge in [0.05, 0.1) is 13.2 Å². The van der Waals surface area contributed by atoms with Gasteiger partial charge in [-0.3, -0.25) is 0 Å². The van der Waals surface area contributed by atoms with Crippen molar-refractivity contribution in [3.63, 3.8) is 0 Å². The van der Waals surface area contributed by atoms with Gasteiger partial charge in [-0.05, 0) is 63.2 Å². The van der Waals surface area contributed by atoms with E-state index in [0.29, 0.717) is 5.57 Å². The molecule has 114 valence electrons. The highest BCUT2D eigenvalue weighted by atomic mass is 16.6. The van der Waals surface area contributed by atoms with Crippen LogP contribution in [0.15, 0.2) is 12.2 Å². The Morgan fingerprint density at radius 1 is 1.10 bits per heavy atom. The van der Waals surface area contributed by atoms with Crippen molar-refractivity contribution < 1.29 is 19.7 Å². The monoisotopic (exact) mass is 282 g/mol. The molecule has 0 heterocycles. The third-order valence-corrected chi connectivity index (χ3v) is 4.74. The molecule has 4 fully saturated rings. The van der Waals surface area contributed by atoms with Crippen molar-refractivity contribution >= 4 is 5.97 Å². The van der Waals surface area contributed by atoms with Gasteiger partial charge in [0.2, 0.25) is 0 Å². The van der Waals surface area contributed by atoms with E-state index in [1.807, 2.05) is 0 Å². The van der Waals surface area contributed by atoms with Crippen LogP contribution in [0, 0.1) is 17.8 Å². The first-order valence-corrected chi connectivity index (χ1v) is 7.58. The molecule has 0 aliphatic heterocycles. The molecule has 4 rings (SSSR count). The second-order valence-corrected chi connectivity index (χ2v) is 6.72. The standard InChI is InChI=1S/C14H20O2.C2H6O2/c1-9(2)13(15)16-14-6-10-3-11(7-14)5-12(4-10)8-14;3-1-2-4/h10-12H,1,3-8H2,2H3;3-4H,1-2H2. The van der Waals surface area contributed by atoms with Crippen molar-refractivity contribution in [2.24, 2.45) is 17.8 Å². The zero-order valence-electron chi connectivity index (χ0n) is 12.3. The first-order chi connectivity index (χ1) is 9.48. The van der Waals surface area contributed by atoms with Gasteiger partial charge in [-0.1, -0.05) is 6.58 Å². The van der Waals surface area contributed by atoms with Crippen molar-refractivity contribution in [2.75, 3.05) is 13.2 Å². The van der Waals surface area contributed by atoms with Crippen LogP contribution >= 0.6 is 0 Å². The van der Waals surface area contributed by atoms with Crippen LogP contribution in [0.25, 0.3) is 0 Å². The summed E-state index contributed by atoms with van der Waals surface area (Å²) in [6.45, 7) is 5.17. The Bertz CT molecular complexity index is 337. The molecule has 0 aromatic carbocycles. The minimum Gasteiger partial charge on any atom is -0.456 e. The van der Waals surface area contributed by atoms with Crippen LogP contribution < -0.4 is 0 Å². The fourth-order valence-electron chi connectivity index (χ4n) is 4.44. The minimum atomic E-state index is -0.179. The van der Waals surface area contributed by atoms with Crippen molar-refractivity contribution in [3.05, 3.63) is 12.2 Å². The van der Waals surface area contributed by atoms with E-state index in [2.05, 4.69) is 6.58 Å². The van der Waals surface area contributed by atoms with E-state index in [0.717, 1.165) is 37.0 Å². The lowest BCUT2D eigenvalue weighted by atomic mass is 9.54. The summed E-state index contributed by atoms with van der Waals surface area (Å²) >= 11 is 0. The number of esters is 1. The smallest absolute Gasteiger partial charge is 0.333 e. The van der Waals surface area contributed by atoms with Crippen LogP contribution in [0.5, 0.6) is 0 Å². The molecular weight excluding hydrogens is 256 g/mol. The van der Waals surface area contributed by atoms with E-state index in [9.17, 15) is 4.79 Å².